The van der Waals surface area contributed by atoms with Crippen LogP contribution in [0.5, 0.6) is 17.2 Å². The van der Waals surface area contributed by atoms with Crippen LogP contribution < -0.4 is 14.4 Å². The molecule has 0 atom stereocenters. The number of hydrogen-bond acceptors (Lipinski definition) is 7. The Bertz CT molecular complexity index is 1320. The van der Waals surface area contributed by atoms with Gasteiger partial charge in [0.15, 0.2) is 11.5 Å². The number of fused-ring (bicyclic) bond motifs is 1. The second-order valence-electron chi connectivity index (χ2n) is 7.59. The van der Waals surface area contributed by atoms with Crippen LogP contribution in [-0.4, -0.2) is 43.7 Å². The Morgan fingerprint density at radius 2 is 1.51 bits per heavy atom. The molecular formula is C27H23NO7. The van der Waals surface area contributed by atoms with Gasteiger partial charge in [0.2, 0.25) is 5.75 Å². The van der Waals surface area contributed by atoms with Crippen LogP contribution in [-0.2, 0) is 9.53 Å². The standard InChI is InChI=1S/C27H23NO7/c1-4-35-27(32)17-9-11-18(12-10-17)28-25(30)20-8-6-5-7-19(20)21(26(28)31)13-16-14-22(33-2)24(29)23(15-16)34-3/h5-15,29H,4H2,1-3H3/b21-13-. The fraction of sp³-hybridized carbons (Fsp3) is 0.148. The number of methoxy groups -OCH3 is 2. The maximum Gasteiger partial charge on any atom is 0.338 e. The number of rotatable bonds is 6. The van der Waals surface area contributed by atoms with E-state index >= 15 is 0 Å². The van der Waals surface area contributed by atoms with Crippen molar-refractivity contribution in [2.45, 2.75) is 6.92 Å². The van der Waals surface area contributed by atoms with E-state index in [0.717, 1.165) is 4.90 Å². The highest BCUT2D eigenvalue weighted by molar-refractivity contribution is 6.43. The van der Waals surface area contributed by atoms with E-state index in [1.807, 2.05) is 0 Å². The number of amides is 2. The monoisotopic (exact) mass is 473 g/mol. The third kappa shape index (κ3) is 4.33. The molecule has 0 saturated carbocycles. The molecule has 0 unspecified atom stereocenters. The van der Waals surface area contributed by atoms with E-state index in [2.05, 4.69) is 0 Å². The summed E-state index contributed by atoms with van der Waals surface area (Å²) in [4.78, 5) is 40.0. The van der Waals surface area contributed by atoms with Gasteiger partial charge in [-0.05, 0) is 66.6 Å². The first-order chi connectivity index (χ1) is 16.9. The predicted octanol–water partition coefficient (Wildman–Crippen LogP) is 4.31. The fourth-order valence-corrected chi connectivity index (χ4v) is 3.85. The Labute approximate surface area is 202 Å². The summed E-state index contributed by atoms with van der Waals surface area (Å²) in [5, 5.41) is 10.2. The Hall–Kier alpha value is -4.59. The Morgan fingerprint density at radius 1 is 0.914 bits per heavy atom. The second-order valence-corrected chi connectivity index (χ2v) is 7.59. The zero-order chi connectivity index (χ0) is 25.1. The van der Waals surface area contributed by atoms with Crippen LogP contribution in [0, 0.1) is 0 Å². The minimum atomic E-state index is -0.538. The molecule has 178 valence electrons. The number of esters is 1. The Kier molecular flexibility index (Phi) is 6.55. The molecule has 4 rings (SSSR count). The molecule has 8 heteroatoms. The van der Waals surface area contributed by atoms with E-state index in [-0.39, 0.29) is 29.4 Å². The molecule has 0 saturated heterocycles. The molecule has 1 aliphatic heterocycles. The van der Waals surface area contributed by atoms with Gasteiger partial charge in [0.05, 0.1) is 32.1 Å². The molecule has 8 nitrogen and oxygen atoms in total. The molecule has 1 N–H and O–H groups in total. The van der Waals surface area contributed by atoms with Gasteiger partial charge in [-0.3, -0.25) is 9.59 Å². The van der Waals surface area contributed by atoms with Gasteiger partial charge in [0.25, 0.3) is 11.8 Å². The van der Waals surface area contributed by atoms with Gasteiger partial charge in [-0.25, -0.2) is 9.69 Å². The van der Waals surface area contributed by atoms with Crippen molar-refractivity contribution in [1.29, 1.82) is 0 Å². The largest absolute Gasteiger partial charge is 0.502 e. The average molecular weight is 473 g/mol. The number of nitrogens with zero attached hydrogens (tertiary/aromatic N) is 1. The van der Waals surface area contributed by atoms with Gasteiger partial charge in [0, 0.05) is 11.1 Å². The SMILES string of the molecule is CCOC(=O)c1ccc(N2C(=O)/C(=C\c3cc(OC)c(O)c(OC)c3)c3ccccc3C2=O)cc1. The lowest BCUT2D eigenvalue weighted by atomic mass is 9.91. The van der Waals surface area contributed by atoms with Crippen molar-refractivity contribution < 1.29 is 33.7 Å². The van der Waals surface area contributed by atoms with Crippen molar-refractivity contribution in [3.05, 3.63) is 82.9 Å². The molecule has 3 aromatic rings. The van der Waals surface area contributed by atoms with Crippen LogP contribution in [0.25, 0.3) is 11.6 Å². The molecule has 3 aromatic carbocycles. The average Bonchev–Trinajstić information content (AvgIpc) is 2.88. The van der Waals surface area contributed by atoms with E-state index < -0.39 is 17.8 Å². The van der Waals surface area contributed by atoms with Crippen molar-refractivity contribution in [3.63, 3.8) is 0 Å². The van der Waals surface area contributed by atoms with E-state index in [9.17, 15) is 19.5 Å². The minimum absolute atomic E-state index is 0.161. The molecule has 2 amide bonds. The van der Waals surface area contributed by atoms with Crippen molar-refractivity contribution in [2.24, 2.45) is 0 Å². The maximum absolute atomic E-state index is 13.6. The fourth-order valence-electron chi connectivity index (χ4n) is 3.85. The first-order valence-corrected chi connectivity index (χ1v) is 10.8. The molecule has 35 heavy (non-hydrogen) atoms. The zero-order valence-corrected chi connectivity index (χ0v) is 19.4. The predicted molar refractivity (Wildman–Crippen MR) is 130 cm³/mol. The summed E-state index contributed by atoms with van der Waals surface area (Å²) in [6, 6.07) is 16.0. The van der Waals surface area contributed by atoms with Crippen LogP contribution >= 0.6 is 0 Å². The van der Waals surface area contributed by atoms with Crippen molar-refractivity contribution in [1.82, 2.24) is 0 Å². The Morgan fingerprint density at radius 3 is 2.09 bits per heavy atom. The number of phenolic OH excluding ortho intramolecular Hbond substituents is 1. The second kappa shape index (κ2) is 9.72. The van der Waals surface area contributed by atoms with Crippen molar-refractivity contribution >= 4 is 35.1 Å². The van der Waals surface area contributed by atoms with Crippen LogP contribution in [0.1, 0.15) is 38.8 Å². The number of anilines is 1. The third-order valence-corrected chi connectivity index (χ3v) is 5.53. The van der Waals surface area contributed by atoms with E-state index in [0.29, 0.717) is 27.9 Å². The summed E-state index contributed by atoms with van der Waals surface area (Å²) in [7, 11) is 2.82. The maximum atomic E-state index is 13.6. The number of carbonyl (C=O) groups excluding carboxylic acids is 3. The van der Waals surface area contributed by atoms with Gasteiger partial charge in [-0.15, -0.1) is 0 Å². The zero-order valence-electron chi connectivity index (χ0n) is 19.4. The lowest BCUT2D eigenvalue weighted by Gasteiger charge is -2.29. The van der Waals surface area contributed by atoms with Crippen molar-refractivity contribution in [2.75, 3.05) is 25.7 Å². The highest BCUT2D eigenvalue weighted by Gasteiger charge is 2.36. The van der Waals surface area contributed by atoms with Crippen LogP contribution in [0.4, 0.5) is 5.69 Å². The smallest absolute Gasteiger partial charge is 0.338 e. The first kappa shape index (κ1) is 23.6. The summed E-state index contributed by atoms with van der Waals surface area (Å²) < 4.78 is 15.4. The number of aromatic hydroxyl groups is 1. The van der Waals surface area contributed by atoms with Gasteiger partial charge < -0.3 is 19.3 Å². The molecule has 0 aromatic heterocycles. The summed E-state index contributed by atoms with van der Waals surface area (Å²) in [6.45, 7) is 1.95. The number of phenols is 1. The van der Waals surface area contributed by atoms with Crippen LogP contribution in [0.15, 0.2) is 60.7 Å². The number of hydrogen-bond donors (Lipinski definition) is 1. The summed E-state index contributed by atoms with van der Waals surface area (Å²) in [5.41, 5.74) is 2.26. The van der Waals surface area contributed by atoms with Crippen LogP contribution in [0.2, 0.25) is 0 Å². The van der Waals surface area contributed by atoms with Crippen molar-refractivity contribution in [3.8, 4) is 17.2 Å². The topological polar surface area (TPSA) is 102 Å². The molecule has 0 spiro atoms. The lowest BCUT2D eigenvalue weighted by molar-refractivity contribution is -0.112. The molecule has 0 bridgehead atoms. The Balaban J connectivity index is 1.82. The molecule has 0 fully saturated rings. The van der Waals surface area contributed by atoms with E-state index in [4.69, 9.17) is 14.2 Å². The lowest BCUT2D eigenvalue weighted by Crippen LogP contribution is -2.41. The quantitative estimate of drug-likeness (QED) is 0.323. The van der Waals surface area contributed by atoms with Gasteiger partial charge in [-0.2, -0.15) is 0 Å². The van der Waals surface area contributed by atoms with E-state index in [1.54, 1.807) is 49.4 Å². The number of ether oxygens (including phenoxy) is 3. The first-order valence-electron chi connectivity index (χ1n) is 10.8. The molecule has 0 aliphatic carbocycles. The molecule has 1 heterocycles. The van der Waals surface area contributed by atoms with Gasteiger partial charge >= 0.3 is 5.97 Å². The van der Waals surface area contributed by atoms with Crippen LogP contribution in [0.3, 0.4) is 0 Å². The number of imide groups is 1. The highest BCUT2D eigenvalue weighted by atomic mass is 16.5. The summed E-state index contributed by atoms with van der Waals surface area (Å²) in [5.74, 6) is -1.32. The molecular weight excluding hydrogens is 450 g/mol. The molecule has 1 aliphatic rings. The molecule has 0 radical (unpaired) electrons. The summed E-state index contributed by atoms with van der Waals surface area (Å²) >= 11 is 0. The van der Waals surface area contributed by atoms with Gasteiger partial charge in [-0.1, -0.05) is 18.2 Å². The summed E-state index contributed by atoms with van der Waals surface area (Å²) in [6.07, 6.45) is 1.61. The third-order valence-electron chi connectivity index (χ3n) is 5.53. The van der Waals surface area contributed by atoms with Gasteiger partial charge in [0.1, 0.15) is 0 Å². The normalized spacial score (nSPS) is 14.0. The number of benzene rings is 3. The minimum Gasteiger partial charge on any atom is -0.502 e. The number of carbonyl (C=O) groups is 3. The highest BCUT2D eigenvalue weighted by Crippen LogP contribution is 2.39. The van der Waals surface area contributed by atoms with E-state index in [1.165, 1.54) is 38.5 Å².